The van der Waals surface area contributed by atoms with Crippen molar-refractivity contribution in [3.63, 3.8) is 0 Å². The summed E-state index contributed by atoms with van der Waals surface area (Å²) >= 11 is 0. The number of hydrogen-bond acceptors (Lipinski definition) is 5. The number of carboxylic acid groups (broad SMARTS) is 1. The van der Waals surface area contributed by atoms with E-state index in [1.54, 1.807) is 0 Å². The molecule has 6 nitrogen and oxygen atoms in total. The molecule has 0 spiro atoms. The molecule has 0 saturated heterocycles. The number of aliphatic carboxylic acids is 1. The lowest BCUT2D eigenvalue weighted by Gasteiger charge is -2.06. The Kier molecular flexibility index (Phi) is 12.5. The molecule has 112 valence electrons. The van der Waals surface area contributed by atoms with Crippen molar-refractivity contribution in [2.75, 3.05) is 33.0 Å². The van der Waals surface area contributed by atoms with Crippen molar-refractivity contribution in [1.82, 2.24) is 0 Å². The molecule has 0 fully saturated rings. The van der Waals surface area contributed by atoms with Crippen molar-refractivity contribution < 1.29 is 28.9 Å². The standard InChI is InChI=1S/C13H24O6/c1-2-3-4-5-6-13(16)19-10-9-17-7-8-18-11-12(14)15/h2-11H2,1H3,(H,14,15). The summed E-state index contributed by atoms with van der Waals surface area (Å²) in [6.07, 6.45) is 4.68. The Morgan fingerprint density at radius 1 is 0.947 bits per heavy atom. The highest BCUT2D eigenvalue weighted by Gasteiger charge is 2.02. The molecule has 0 atom stereocenters. The average Bonchev–Trinajstić information content (AvgIpc) is 2.37. The highest BCUT2D eigenvalue weighted by molar-refractivity contribution is 5.69. The van der Waals surface area contributed by atoms with Crippen LogP contribution in [0.2, 0.25) is 0 Å². The van der Waals surface area contributed by atoms with Gasteiger partial charge in [0.25, 0.3) is 0 Å². The molecule has 0 aromatic rings. The summed E-state index contributed by atoms with van der Waals surface area (Å²) in [5.74, 6) is -1.20. The van der Waals surface area contributed by atoms with Gasteiger partial charge < -0.3 is 19.3 Å². The van der Waals surface area contributed by atoms with Crippen LogP contribution in [0.25, 0.3) is 0 Å². The van der Waals surface area contributed by atoms with Crippen LogP contribution in [0.4, 0.5) is 0 Å². The van der Waals surface area contributed by atoms with Gasteiger partial charge in [0.05, 0.1) is 19.8 Å². The summed E-state index contributed by atoms with van der Waals surface area (Å²) < 4.78 is 14.8. The summed E-state index contributed by atoms with van der Waals surface area (Å²) in [7, 11) is 0. The minimum atomic E-state index is -1.00. The molecule has 0 aromatic carbocycles. The van der Waals surface area contributed by atoms with E-state index in [-0.39, 0.29) is 25.8 Å². The lowest BCUT2D eigenvalue weighted by molar-refractivity contribution is -0.146. The van der Waals surface area contributed by atoms with Gasteiger partial charge in [0, 0.05) is 6.42 Å². The van der Waals surface area contributed by atoms with Gasteiger partial charge in [0.2, 0.25) is 0 Å². The highest BCUT2D eigenvalue weighted by atomic mass is 16.6. The zero-order chi connectivity index (χ0) is 14.3. The Labute approximate surface area is 114 Å². The number of ether oxygens (including phenoxy) is 3. The minimum absolute atomic E-state index is 0.193. The Morgan fingerprint density at radius 3 is 2.32 bits per heavy atom. The Morgan fingerprint density at radius 2 is 1.63 bits per heavy atom. The minimum Gasteiger partial charge on any atom is -0.480 e. The summed E-state index contributed by atoms with van der Waals surface area (Å²) in [6.45, 7) is 2.84. The molecule has 0 aliphatic carbocycles. The van der Waals surface area contributed by atoms with Gasteiger partial charge in [0.15, 0.2) is 0 Å². The first-order chi connectivity index (χ1) is 9.16. The predicted octanol–water partition coefficient (Wildman–Crippen LogP) is 1.62. The van der Waals surface area contributed by atoms with Gasteiger partial charge in [0.1, 0.15) is 13.2 Å². The van der Waals surface area contributed by atoms with Crippen molar-refractivity contribution in [1.29, 1.82) is 0 Å². The smallest absolute Gasteiger partial charge is 0.329 e. The van der Waals surface area contributed by atoms with Crippen LogP contribution in [-0.4, -0.2) is 50.1 Å². The van der Waals surface area contributed by atoms with Crippen LogP contribution >= 0.6 is 0 Å². The number of esters is 1. The van der Waals surface area contributed by atoms with Gasteiger partial charge in [-0.15, -0.1) is 0 Å². The lowest BCUT2D eigenvalue weighted by Crippen LogP contribution is -2.14. The quantitative estimate of drug-likeness (QED) is 0.406. The van der Waals surface area contributed by atoms with Gasteiger partial charge in [-0.25, -0.2) is 4.79 Å². The van der Waals surface area contributed by atoms with Gasteiger partial charge >= 0.3 is 11.9 Å². The third-order valence-corrected chi connectivity index (χ3v) is 2.32. The summed E-state index contributed by atoms with van der Waals surface area (Å²) in [4.78, 5) is 21.4. The lowest BCUT2D eigenvalue weighted by atomic mass is 10.2. The molecule has 0 unspecified atom stereocenters. The van der Waals surface area contributed by atoms with Crippen molar-refractivity contribution in [3.05, 3.63) is 0 Å². The molecule has 0 aliphatic heterocycles. The van der Waals surface area contributed by atoms with Gasteiger partial charge in [-0.05, 0) is 6.42 Å². The first-order valence-electron chi connectivity index (χ1n) is 6.69. The number of hydrogen-bond donors (Lipinski definition) is 1. The second-order valence-corrected chi connectivity index (χ2v) is 4.09. The van der Waals surface area contributed by atoms with E-state index in [9.17, 15) is 9.59 Å². The van der Waals surface area contributed by atoms with Crippen LogP contribution in [-0.2, 0) is 23.8 Å². The predicted molar refractivity (Wildman–Crippen MR) is 69.0 cm³/mol. The van der Waals surface area contributed by atoms with Crippen molar-refractivity contribution >= 4 is 11.9 Å². The number of unbranched alkanes of at least 4 members (excludes halogenated alkanes) is 3. The fourth-order valence-electron chi connectivity index (χ4n) is 1.36. The molecule has 0 heterocycles. The first-order valence-corrected chi connectivity index (χ1v) is 6.69. The topological polar surface area (TPSA) is 82.1 Å². The number of carboxylic acids is 1. The number of rotatable bonds is 13. The fourth-order valence-corrected chi connectivity index (χ4v) is 1.36. The van der Waals surface area contributed by atoms with Crippen LogP contribution in [0.5, 0.6) is 0 Å². The SMILES string of the molecule is CCCCCCC(=O)OCCOCCOCC(=O)O. The summed E-state index contributed by atoms with van der Waals surface area (Å²) in [5, 5.41) is 8.30. The second kappa shape index (κ2) is 13.3. The first kappa shape index (κ1) is 17.9. The van der Waals surface area contributed by atoms with Crippen LogP contribution < -0.4 is 0 Å². The van der Waals surface area contributed by atoms with Crippen LogP contribution in [0.15, 0.2) is 0 Å². The molecular weight excluding hydrogens is 252 g/mol. The zero-order valence-electron chi connectivity index (χ0n) is 11.6. The van der Waals surface area contributed by atoms with E-state index in [2.05, 4.69) is 6.92 Å². The molecular formula is C13H24O6. The Bertz CT molecular complexity index is 241. The molecule has 1 N–H and O–H groups in total. The van der Waals surface area contributed by atoms with E-state index in [4.69, 9.17) is 19.3 Å². The molecule has 0 radical (unpaired) electrons. The number of carbonyl (C=O) groups excluding carboxylic acids is 1. The van der Waals surface area contributed by atoms with Gasteiger partial charge in [-0.3, -0.25) is 4.79 Å². The average molecular weight is 276 g/mol. The molecule has 0 aliphatic rings. The normalized spacial score (nSPS) is 10.4. The summed E-state index contributed by atoms with van der Waals surface area (Å²) in [5.41, 5.74) is 0. The molecule has 0 saturated carbocycles. The third kappa shape index (κ3) is 14.8. The maximum absolute atomic E-state index is 11.2. The van der Waals surface area contributed by atoms with Crippen LogP contribution in [0.3, 0.4) is 0 Å². The zero-order valence-corrected chi connectivity index (χ0v) is 11.6. The number of carbonyl (C=O) groups is 2. The molecule has 0 bridgehead atoms. The maximum Gasteiger partial charge on any atom is 0.329 e. The van der Waals surface area contributed by atoms with Crippen molar-refractivity contribution in [2.45, 2.75) is 39.0 Å². The van der Waals surface area contributed by atoms with Crippen molar-refractivity contribution in [2.24, 2.45) is 0 Å². The molecule has 19 heavy (non-hydrogen) atoms. The third-order valence-electron chi connectivity index (χ3n) is 2.32. The van der Waals surface area contributed by atoms with E-state index < -0.39 is 5.97 Å². The Balaban J connectivity index is 3.16. The second-order valence-electron chi connectivity index (χ2n) is 4.09. The van der Waals surface area contributed by atoms with E-state index in [0.717, 1.165) is 25.7 Å². The van der Waals surface area contributed by atoms with Crippen LogP contribution in [0.1, 0.15) is 39.0 Å². The van der Waals surface area contributed by atoms with Crippen LogP contribution in [0, 0.1) is 0 Å². The Hall–Kier alpha value is -1.14. The van der Waals surface area contributed by atoms with E-state index in [0.29, 0.717) is 19.6 Å². The monoisotopic (exact) mass is 276 g/mol. The van der Waals surface area contributed by atoms with Crippen molar-refractivity contribution in [3.8, 4) is 0 Å². The highest BCUT2D eigenvalue weighted by Crippen LogP contribution is 2.03. The molecule has 0 rings (SSSR count). The van der Waals surface area contributed by atoms with E-state index >= 15 is 0 Å². The molecule has 0 aromatic heterocycles. The largest absolute Gasteiger partial charge is 0.480 e. The fraction of sp³-hybridized carbons (Fsp3) is 0.846. The van der Waals surface area contributed by atoms with E-state index in [1.807, 2.05) is 0 Å². The van der Waals surface area contributed by atoms with Gasteiger partial charge in [-0.1, -0.05) is 26.2 Å². The molecule has 0 amide bonds. The van der Waals surface area contributed by atoms with E-state index in [1.165, 1.54) is 0 Å². The van der Waals surface area contributed by atoms with Gasteiger partial charge in [-0.2, -0.15) is 0 Å². The molecule has 6 heteroatoms. The maximum atomic E-state index is 11.2. The summed E-state index contributed by atoms with van der Waals surface area (Å²) in [6, 6.07) is 0.